The molecule has 0 bridgehead atoms. The average molecular weight is 620 g/mol. The number of aromatic nitrogens is 4. The predicted molar refractivity (Wildman–Crippen MR) is 151 cm³/mol. The molecule has 0 aliphatic carbocycles. The predicted octanol–water partition coefficient (Wildman–Crippen LogP) is 5.84. The van der Waals surface area contributed by atoms with Crippen LogP contribution < -0.4 is 0 Å². The first-order valence-corrected chi connectivity index (χ1v) is 14.0. The van der Waals surface area contributed by atoms with Crippen molar-refractivity contribution in [3.8, 4) is 11.3 Å². The van der Waals surface area contributed by atoms with Gasteiger partial charge in [-0.15, -0.1) is 0 Å². The number of amides is 2. The summed E-state index contributed by atoms with van der Waals surface area (Å²) < 4.78 is 28.7. The van der Waals surface area contributed by atoms with Gasteiger partial charge in [-0.1, -0.05) is 12.1 Å². The molecule has 0 unspecified atom stereocenters. The smallest absolute Gasteiger partial charge is 0.410 e. The van der Waals surface area contributed by atoms with Crippen LogP contribution in [0, 0.1) is 5.82 Å². The molecule has 0 N–H and O–H groups in total. The topological polar surface area (TPSA) is 94.7 Å². The summed E-state index contributed by atoms with van der Waals surface area (Å²) in [5, 5.41) is 8.78. The Hall–Kier alpha value is -3.41. The first-order valence-electron chi connectivity index (χ1n) is 13.2. The van der Waals surface area contributed by atoms with Gasteiger partial charge >= 0.3 is 12.2 Å². The highest BCUT2D eigenvalue weighted by Crippen LogP contribution is 2.24. The lowest BCUT2D eigenvalue weighted by molar-refractivity contribution is 0.0184. The Bertz CT molecular complexity index is 1370. The Labute approximate surface area is 242 Å². The molecule has 0 fully saturated rings. The lowest BCUT2D eigenvalue weighted by Gasteiger charge is -2.30. The van der Waals surface area contributed by atoms with Gasteiger partial charge in [0.2, 0.25) is 0 Å². The Balaban J connectivity index is 0.000000194. The molecule has 2 aromatic heterocycles. The molecule has 40 heavy (non-hydrogen) atoms. The van der Waals surface area contributed by atoms with E-state index in [4.69, 9.17) is 9.47 Å². The van der Waals surface area contributed by atoms with Gasteiger partial charge in [-0.3, -0.25) is 9.36 Å². The number of hydrogen-bond acceptors (Lipinski definition) is 6. The minimum Gasteiger partial charge on any atom is -0.444 e. The summed E-state index contributed by atoms with van der Waals surface area (Å²) in [4.78, 5) is 27.4. The van der Waals surface area contributed by atoms with Gasteiger partial charge in [0.25, 0.3) is 0 Å². The van der Waals surface area contributed by atoms with E-state index in [9.17, 15) is 14.0 Å². The quantitative estimate of drug-likeness (QED) is 0.340. The number of rotatable bonds is 1. The largest absolute Gasteiger partial charge is 0.444 e. The zero-order valence-corrected chi connectivity index (χ0v) is 25.4. The van der Waals surface area contributed by atoms with Crippen LogP contribution in [0.25, 0.3) is 11.3 Å². The van der Waals surface area contributed by atoms with Crippen molar-refractivity contribution in [3.63, 3.8) is 0 Å². The molecule has 0 atom stereocenters. The van der Waals surface area contributed by atoms with E-state index in [2.05, 4.69) is 26.1 Å². The second-order valence-corrected chi connectivity index (χ2v) is 12.6. The van der Waals surface area contributed by atoms with Crippen LogP contribution in [0.15, 0.2) is 41.0 Å². The molecule has 1 aromatic carbocycles. The van der Waals surface area contributed by atoms with Crippen molar-refractivity contribution >= 4 is 28.1 Å². The van der Waals surface area contributed by atoms with Gasteiger partial charge in [-0.05, 0) is 81.7 Å². The molecule has 2 amide bonds. The molecule has 0 saturated carbocycles. The maximum Gasteiger partial charge on any atom is 0.410 e. The van der Waals surface area contributed by atoms with E-state index in [0.717, 1.165) is 21.6 Å². The SMILES string of the molecule is CC(C)(C)OC(=O)N1CCn2nc(-c3cccc(F)c3)cc2C1.CC(C)(C)OC(=O)N1CCn2nc(Br)cc2C1. The standard InChI is InChI=1S/C17H20FN3O2.C11H16BrN3O2/c1-17(2,3)23-16(22)20-7-8-21-14(11-20)10-15(19-21)12-5-4-6-13(18)9-12;1-11(2,3)17-10(16)14-4-5-15-8(7-14)6-9(12)13-15/h4-6,9-10H,7-8,11H2,1-3H3;6H,4-5,7H2,1-3H3. The maximum atomic E-state index is 13.4. The third kappa shape index (κ3) is 7.83. The summed E-state index contributed by atoms with van der Waals surface area (Å²) >= 11 is 3.33. The van der Waals surface area contributed by atoms with Crippen LogP contribution in [-0.4, -0.2) is 65.8 Å². The second kappa shape index (κ2) is 11.6. The van der Waals surface area contributed by atoms with Crippen molar-refractivity contribution in [2.24, 2.45) is 0 Å². The normalized spacial score (nSPS) is 15.0. The van der Waals surface area contributed by atoms with Gasteiger partial charge in [-0.2, -0.15) is 10.2 Å². The fraction of sp³-hybridized carbons (Fsp3) is 0.500. The van der Waals surface area contributed by atoms with Gasteiger partial charge in [-0.25, -0.2) is 14.0 Å². The number of carbonyl (C=O) groups excluding carboxylic acids is 2. The maximum absolute atomic E-state index is 13.4. The van der Waals surface area contributed by atoms with Crippen LogP contribution in [0.4, 0.5) is 14.0 Å². The molecule has 0 spiro atoms. The summed E-state index contributed by atoms with van der Waals surface area (Å²) in [6.07, 6.45) is -0.585. The van der Waals surface area contributed by atoms with Gasteiger partial charge < -0.3 is 19.3 Å². The van der Waals surface area contributed by atoms with Gasteiger partial charge in [0.05, 0.1) is 43.3 Å². The zero-order valence-electron chi connectivity index (χ0n) is 23.8. The zero-order chi connectivity index (χ0) is 29.2. The fourth-order valence-corrected chi connectivity index (χ4v) is 4.71. The van der Waals surface area contributed by atoms with Crippen molar-refractivity contribution in [2.45, 2.75) is 78.9 Å². The van der Waals surface area contributed by atoms with Crippen LogP contribution in [0.1, 0.15) is 52.9 Å². The molecule has 5 rings (SSSR count). The Morgan fingerprint density at radius 2 is 1.32 bits per heavy atom. The second-order valence-electron chi connectivity index (χ2n) is 11.7. The number of ether oxygens (including phenoxy) is 2. The molecule has 0 saturated heterocycles. The average Bonchev–Trinajstić information content (AvgIpc) is 3.43. The molecule has 12 heteroatoms. The van der Waals surface area contributed by atoms with E-state index >= 15 is 0 Å². The molecule has 0 radical (unpaired) electrons. The Kier molecular flexibility index (Phi) is 8.57. The monoisotopic (exact) mass is 618 g/mol. The molecule has 2 aliphatic heterocycles. The number of hydrogen-bond donors (Lipinski definition) is 0. The van der Waals surface area contributed by atoms with E-state index in [1.54, 1.807) is 15.9 Å². The van der Waals surface area contributed by atoms with Crippen LogP contribution in [0.5, 0.6) is 0 Å². The number of carbonyl (C=O) groups is 2. The summed E-state index contributed by atoms with van der Waals surface area (Å²) in [6.45, 7) is 14.6. The molecular formula is C28H36BrFN6O4. The number of fused-ring (bicyclic) bond motifs is 2. The van der Waals surface area contributed by atoms with Gasteiger partial charge in [0.15, 0.2) is 0 Å². The summed E-state index contributed by atoms with van der Waals surface area (Å²) in [7, 11) is 0. The molecule has 10 nitrogen and oxygen atoms in total. The van der Waals surface area contributed by atoms with Gasteiger partial charge in [0.1, 0.15) is 21.6 Å². The van der Waals surface area contributed by atoms with Crippen molar-refractivity contribution in [3.05, 3.63) is 58.2 Å². The lowest BCUT2D eigenvalue weighted by Crippen LogP contribution is -2.41. The van der Waals surface area contributed by atoms with Crippen LogP contribution in [0.2, 0.25) is 0 Å². The molecular weight excluding hydrogens is 583 g/mol. The van der Waals surface area contributed by atoms with E-state index in [1.165, 1.54) is 12.1 Å². The highest BCUT2D eigenvalue weighted by Gasteiger charge is 2.28. The fourth-order valence-electron chi connectivity index (χ4n) is 4.25. The van der Waals surface area contributed by atoms with E-state index in [0.29, 0.717) is 45.0 Å². The number of halogens is 2. The molecule has 2 aliphatic rings. The minimum atomic E-state index is -0.512. The molecule has 216 valence electrons. The summed E-state index contributed by atoms with van der Waals surface area (Å²) in [6, 6.07) is 10.2. The van der Waals surface area contributed by atoms with Crippen molar-refractivity contribution in [1.29, 1.82) is 0 Å². The van der Waals surface area contributed by atoms with Crippen molar-refractivity contribution in [1.82, 2.24) is 29.4 Å². The first-order chi connectivity index (χ1) is 18.7. The van der Waals surface area contributed by atoms with Crippen molar-refractivity contribution < 1.29 is 23.5 Å². The first kappa shape index (κ1) is 29.6. The molecule has 3 aromatic rings. The highest BCUT2D eigenvalue weighted by molar-refractivity contribution is 9.10. The highest BCUT2D eigenvalue weighted by atomic mass is 79.9. The lowest BCUT2D eigenvalue weighted by atomic mass is 10.1. The summed E-state index contributed by atoms with van der Waals surface area (Å²) in [5.74, 6) is -0.288. The molecule has 4 heterocycles. The van der Waals surface area contributed by atoms with Crippen LogP contribution in [0.3, 0.4) is 0 Å². The van der Waals surface area contributed by atoms with Gasteiger partial charge in [0, 0.05) is 18.7 Å². The number of benzene rings is 1. The van der Waals surface area contributed by atoms with Crippen molar-refractivity contribution in [2.75, 3.05) is 13.1 Å². The van der Waals surface area contributed by atoms with E-state index in [-0.39, 0.29) is 18.0 Å². The third-order valence-electron chi connectivity index (χ3n) is 5.99. The summed E-state index contributed by atoms with van der Waals surface area (Å²) in [5.41, 5.74) is 2.42. The van der Waals surface area contributed by atoms with Crippen LogP contribution >= 0.6 is 15.9 Å². The van der Waals surface area contributed by atoms with E-state index in [1.807, 2.05) is 69.1 Å². The minimum absolute atomic E-state index is 0.263. The number of nitrogens with zero attached hydrogens (tertiary/aromatic N) is 6. The Morgan fingerprint density at radius 3 is 1.85 bits per heavy atom. The van der Waals surface area contributed by atoms with E-state index < -0.39 is 11.2 Å². The Morgan fingerprint density at radius 1 is 0.800 bits per heavy atom. The third-order valence-corrected chi connectivity index (χ3v) is 6.38. The van der Waals surface area contributed by atoms with Crippen LogP contribution in [-0.2, 0) is 35.7 Å².